The molecule has 0 atom stereocenters. The van der Waals surface area contributed by atoms with Crippen LogP contribution in [0.4, 0.5) is 108 Å². The van der Waals surface area contributed by atoms with E-state index in [0.717, 1.165) is 73.9 Å². The van der Waals surface area contributed by atoms with E-state index in [1.165, 1.54) is 134 Å². The molecule has 0 saturated heterocycles. The van der Waals surface area contributed by atoms with E-state index in [0.29, 0.717) is 0 Å². The Morgan fingerprint density at radius 2 is 0.400 bits per heavy atom. The summed E-state index contributed by atoms with van der Waals surface area (Å²) in [6.07, 6.45) is 0. The van der Waals surface area contributed by atoms with Crippen molar-refractivity contribution in [2.45, 2.75) is 57.8 Å². The van der Waals surface area contributed by atoms with Gasteiger partial charge in [-0.2, -0.15) is 0 Å². The fraction of sp³-hybridized carbons (Fsp3) is 0.0986. The SMILES string of the molecule is CN(c1ccc(-c2ccccc2)cc1)c1ccc(N(c2ccccc2)c2ccccc2)cc1.CN(c1ccc(N(c2ccccc2)c2ccccc2)cc1)c1ccc2c(c1)C(C)(C)c1ccccc1-2.CN(c1ccc2c(c1)-c1ccccc1C2(C)C)c1cccc2ccccc12.CN(c1ccc2ccccc2c1)c1cccc2c1-c1ccccc1C2(C)C.CN(c1ccccc1)c1ccc(N(c2ccccc2)c2ccccc2)cc1. The van der Waals surface area contributed by atoms with Gasteiger partial charge in [-0.25, -0.2) is 0 Å². The van der Waals surface area contributed by atoms with Crippen LogP contribution in [0.2, 0.25) is 0 Å². The zero-order chi connectivity index (χ0) is 103. The molecule has 732 valence electrons. The maximum atomic E-state index is 2.36. The van der Waals surface area contributed by atoms with E-state index in [9.17, 15) is 0 Å². The quantitative estimate of drug-likeness (QED) is 0.0745. The van der Waals surface area contributed by atoms with Crippen molar-refractivity contribution in [2.24, 2.45) is 0 Å². The Kier molecular flexibility index (Phi) is 28.2. The van der Waals surface area contributed by atoms with Crippen LogP contribution in [-0.2, 0) is 16.2 Å². The largest absolute Gasteiger partial charge is 0.345 e. The monoisotopic (exact) mass is 1940 g/mol. The Bertz CT molecular complexity index is 8260. The smallest absolute Gasteiger partial charge is 0.0491 e. The first-order valence-electron chi connectivity index (χ1n) is 51.9. The summed E-state index contributed by atoms with van der Waals surface area (Å²) in [5.41, 5.74) is 41.4. The fourth-order valence-electron chi connectivity index (χ4n) is 21.9. The molecule has 150 heavy (non-hydrogen) atoms. The first-order valence-corrected chi connectivity index (χ1v) is 51.9. The van der Waals surface area contributed by atoms with Crippen molar-refractivity contribution in [3.05, 3.63) is 585 Å². The van der Waals surface area contributed by atoms with Crippen molar-refractivity contribution in [1.82, 2.24) is 0 Å². The van der Waals surface area contributed by atoms with Crippen LogP contribution in [0.5, 0.6) is 0 Å². The van der Waals surface area contributed by atoms with E-state index in [1.807, 2.05) is 36.4 Å². The van der Waals surface area contributed by atoms with Gasteiger partial charge in [0.2, 0.25) is 0 Å². The molecule has 0 unspecified atom stereocenters. The number of para-hydroxylation sites is 7. The molecule has 0 radical (unpaired) electrons. The Hall–Kier alpha value is -18.2. The molecule has 0 fully saturated rings. The van der Waals surface area contributed by atoms with Crippen LogP contribution in [0.25, 0.3) is 66.1 Å². The van der Waals surface area contributed by atoms with Gasteiger partial charge in [-0.3, -0.25) is 0 Å². The summed E-state index contributed by atoms with van der Waals surface area (Å²) in [5, 5.41) is 5.10. The van der Waals surface area contributed by atoms with Gasteiger partial charge in [0, 0.05) is 170 Å². The Morgan fingerprint density at radius 3 is 0.867 bits per heavy atom. The van der Waals surface area contributed by atoms with E-state index >= 15 is 0 Å². The molecule has 0 spiro atoms. The van der Waals surface area contributed by atoms with E-state index in [2.05, 4.69) is 632 Å². The van der Waals surface area contributed by atoms with Gasteiger partial charge in [0.15, 0.2) is 0 Å². The zero-order valence-corrected chi connectivity index (χ0v) is 87.1. The van der Waals surface area contributed by atoms with E-state index in [1.54, 1.807) is 0 Å². The highest BCUT2D eigenvalue weighted by molar-refractivity contribution is 5.98. The highest BCUT2D eigenvalue weighted by Gasteiger charge is 2.40. The van der Waals surface area contributed by atoms with Crippen molar-refractivity contribution in [3.8, 4) is 44.5 Å². The highest BCUT2D eigenvalue weighted by atomic mass is 15.2. The molecule has 22 aromatic carbocycles. The summed E-state index contributed by atoms with van der Waals surface area (Å²) < 4.78 is 0. The second-order valence-corrected chi connectivity index (χ2v) is 40.3. The van der Waals surface area contributed by atoms with Gasteiger partial charge in [-0.15, -0.1) is 0 Å². The molecule has 0 amide bonds. The van der Waals surface area contributed by atoms with Crippen molar-refractivity contribution in [2.75, 3.05) is 74.4 Å². The molecule has 0 saturated carbocycles. The second-order valence-electron chi connectivity index (χ2n) is 40.3. The van der Waals surface area contributed by atoms with Crippen LogP contribution in [-0.4, -0.2) is 35.2 Å². The minimum Gasteiger partial charge on any atom is -0.345 e. The number of rotatable bonds is 20. The predicted octanol–water partition coefficient (Wildman–Crippen LogP) is 38.6. The summed E-state index contributed by atoms with van der Waals surface area (Å²) >= 11 is 0. The van der Waals surface area contributed by atoms with E-state index in [4.69, 9.17) is 0 Å². The molecule has 0 aliphatic heterocycles. The average Bonchev–Trinajstić information content (AvgIpc) is 1.57. The lowest BCUT2D eigenvalue weighted by atomic mass is 9.82. The van der Waals surface area contributed by atoms with Crippen LogP contribution in [0, 0.1) is 0 Å². The van der Waals surface area contributed by atoms with Crippen molar-refractivity contribution in [3.63, 3.8) is 0 Å². The molecule has 0 aromatic heterocycles. The fourth-order valence-corrected chi connectivity index (χ4v) is 21.9. The van der Waals surface area contributed by atoms with Crippen LogP contribution < -0.4 is 39.2 Å². The van der Waals surface area contributed by atoms with Crippen molar-refractivity contribution < 1.29 is 0 Å². The summed E-state index contributed by atoms with van der Waals surface area (Å²) in [6.45, 7) is 14.0. The molecular formula is C142H124N8. The number of fused-ring (bicyclic) bond motifs is 11. The molecule has 3 aliphatic carbocycles. The van der Waals surface area contributed by atoms with Crippen molar-refractivity contribution >= 4 is 130 Å². The van der Waals surface area contributed by atoms with E-state index in [-0.39, 0.29) is 16.2 Å². The minimum absolute atomic E-state index is 0.00149. The third kappa shape index (κ3) is 20.0. The van der Waals surface area contributed by atoms with Gasteiger partial charge >= 0.3 is 0 Å². The predicted molar refractivity (Wildman–Crippen MR) is 642 cm³/mol. The first-order chi connectivity index (χ1) is 73.3. The topological polar surface area (TPSA) is 25.9 Å². The Balaban J connectivity index is 0.000000110. The van der Waals surface area contributed by atoms with Crippen LogP contribution in [0.15, 0.2) is 552 Å². The van der Waals surface area contributed by atoms with Crippen molar-refractivity contribution in [1.29, 1.82) is 0 Å². The van der Waals surface area contributed by atoms with Gasteiger partial charge in [0.05, 0.1) is 0 Å². The summed E-state index contributed by atoms with van der Waals surface area (Å²) in [7, 11) is 10.7. The maximum Gasteiger partial charge on any atom is 0.0491 e. The number of hydrogen-bond acceptors (Lipinski definition) is 8. The number of anilines is 19. The lowest BCUT2D eigenvalue weighted by Crippen LogP contribution is -2.16. The maximum absolute atomic E-state index is 2.36. The Morgan fingerprint density at radius 1 is 0.140 bits per heavy atom. The zero-order valence-electron chi connectivity index (χ0n) is 87.1. The molecule has 8 heteroatoms. The first kappa shape index (κ1) is 97.8. The van der Waals surface area contributed by atoms with Gasteiger partial charge in [-0.05, 0) is 307 Å². The average molecular weight is 1940 g/mol. The van der Waals surface area contributed by atoms with Gasteiger partial charge in [0.25, 0.3) is 0 Å². The third-order valence-electron chi connectivity index (χ3n) is 30.2. The molecule has 0 heterocycles. The molecule has 3 aliphatic rings. The molecule has 22 aromatic rings. The normalized spacial score (nSPS) is 12.4. The van der Waals surface area contributed by atoms with E-state index < -0.39 is 0 Å². The van der Waals surface area contributed by atoms with Crippen LogP contribution >= 0.6 is 0 Å². The number of benzene rings is 22. The molecule has 0 N–H and O–H groups in total. The number of nitrogens with zero attached hydrogens (tertiary/aromatic N) is 8. The lowest BCUT2D eigenvalue weighted by molar-refractivity contribution is 0.660. The lowest BCUT2D eigenvalue weighted by Gasteiger charge is -2.27. The molecular weight excluding hydrogens is 1820 g/mol. The van der Waals surface area contributed by atoms with Crippen LogP contribution in [0.1, 0.15) is 74.9 Å². The van der Waals surface area contributed by atoms with Gasteiger partial charge < -0.3 is 39.2 Å². The highest BCUT2D eigenvalue weighted by Crippen LogP contribution is 2.56. The van der Waals surface area contributed by atoms with Gasteiger partial charge in [-0.1, -0.05) is 375 Å². The number of hydrogen-bond donors (Lipinski definition) is 0. The Labute approximate surface area is 885 Å². The second kappa shape index (κ2) is 43.2. The standard InChI is InChI=1S/C34H30N2.C31H26N2.2C26H23N.C25H22N2/c1-34(2)32-17-11-10-16-30(32)31-23-22-29(24-33(31)34)35(3)25-18-20-28(21-19-25)36(26-12-6-4-7-13-26)27-14-8-5-9-15-27;1-32(27-19-17-26(18-20-27)25-11-5-2-6-12-25)28-21-23-31(24-22-28)33(29-13-7-3-8-14-29)30-15-9-4-10-16-30;1-26(2)23-13-7-6-12-21(23)22-17-19(15-16-24(22)26)27(3)25-14-8-10-18-9-4-5-11-20(18)25;1-26(2)22-12-7-6-11-21(22)25-23(26)13-8-14-24(25)27(3)20-16-15-18-9-4-5-10-19(18)17-20;1-26(21-11-5-2-6-12-21)22-17-19-25(20-18-22)27(23-13-7-3-8-14-23)24-15-9-4-10-16-24/h4-24H,1-3H3;2-24H,1H3;2*4-17H,1-3H3;2-20H,1H3. The summed E-state index contributed by atoms with van der Waals surface area (Å²) in [6, 6.07) is 196. The molecule has 8 nitrogen and oxygen atoms in total. The summed E-state index contributed by atoms with van der Waals surface area (Å²) in [5.74, 6) is 0. The minimum atomic E-state index is -0.00149. The van der Waals surface area contributed by atoms with Gasteiger partial charge in [0.1, 0.15) is 0 Å². The molecule has 25 rings (SSSR count). The molecule has 0 bridgehead atoms. The third-order valence-corrected chi connectivity index (χ3v) is 30.2. The van der Waals surface area contributed by atoms with Crippen LogP contribution in [0.3, 0.4) is 0 Å². The summed E-state index contributed by atoms with van der Waals surface area (Å²) in [4.78, 5) is 18.1.